The summed E-state index contributed by atoms with van der Waals surface area (Å²) in [6.07, 6.45) is -0.921. The van der Waals surface area contributed by atoms with Crippen LogP contribution in [0.4, 0.5) is 0 Å². The van der Waals surface area contributed by atoms with E-state index >= 15 is 0 Å². The van der Waals surface area contributed by atoms with Gasteiger partial charge in [0.2, 0.25) is 0 Å². The Kier molecular flexibility index (Phi) is 6.62. The number of rotatable bonds is 9. The van der Waals surface area contributed by atoms with Crippen LogP contribution < -0.4 is 0 Å². The van der Waals surface area contributed by atoms with Crippen LogP contribution in [-0.2, 0) is 28.8 Å². The molecule has 2 aliphatic rings. The van der Waals surface area contributed by atoms with Crippen molar-refractivity contribution in [3.8, 4) is 0 Å². The van der Waals surface area contributed by atoms with Gasteiger partial charge in [-0.3, -0.25) is 9.59 Å². The van der Waals surface area contributed by atoms with E-state index in [1.54, 1.807) is 0 Å². The molecule has 2 saturated heterocycles. The molecule has 2 fully saturated rings. The highest BCUT2D eigenvalue weighted by molar-refractivity contribution is 8.77. The molecule has 2 rings (SSSR count). The van der Waals surface area contributed by atoms with Gasteiger partial charge in [-0.1, -0.05) is 30.9 Å². The average Bonchev–Trinajstić information content (AvgIpc) is 3.02. The number of likely N-dealkylation sites (tertiary alicyclic amines) is 2. The van der Waals surface area contributed by atoms with Crippen LogP contribution in [0, 0.1) is 0 Å². The van der Waals surface area contributed by atoms with Crippen molar-refractivity contribution in [2.75, 3.05) is 13.1 Å². The third-order valence-electron chi connectivity index (χ3n) is 4.45. The first-order chi connectivity index (χ1) is 12.9. The Morgan fingerprint density at radius 3 is 1.18 bits per heavy atom. The van der Waals surface area contributed by atoms with Gasteiger partial charge in [-0.15, -0.1) is 0 Å². The molecule has 4 amide bonds. The highest BCUT2D eigenvalue weighted by Crippen LogP contribution is 2.36. The van der Waals surface area contributed by atoms with Gasteiger partial charge in [-0.2, -0.15) is 0 Å². The van der Waals surface area contributed by atoms with E-state index < -0.39 is 68.4 Å². The van der Waals surface area contributed by atoms with Gasteiger partial charge in [0.1, 0.15) is 13.1 Å². The molecule has 0 aromatic rings. The van der Waals surface area contributed by atoms with Crippen molar-refractivity contribution >= 4 is 57.2 Å². The number of carbonyl (C=O) groups excluding carboxylic acids is 4. The van der Waals surface area contributed by atoms with Crippen molar-refractivity contribution in [2.24, 2.45) is 0 Å². The van der Waals surface area contributed by atoms with E-state index in [9.17, 15) is 49.4 Å². The lowest BCUT2D eigenvalue weighted by Gasteiger charge is -2.24. The molecule has 12 nitrogen and oxygen atoms in total. The SMILES string of the molecule is O=C(O)C(C[N+]1(O)C(=O)CCC1=O)SSC(C[N+]1(O)C(=O)CCC1=O)C(=O)O. The van der Waals surface area contributed by atoms with E-state index in [1.807, 2.05) is 0 Å². The zero-order valence-electron chi connectivity index (χ0n) is 14.3. The van der Waals surface area contributed by atoms with Crippen molar-refractivity contribution in [3.63, 3.8) is 0 Å². The zero-order valence-corrected chi connectivity index (χ0v) is 16.0. The number of hydrogen-bond donors (Lipinski definition) is 4. The number of carboxylic acid groups (broad SMARTS) is 2. The lowest BCUT2D eigenvalue weighted by Crippen LogP contribution is -2.54. The standard InChI is InChI=1S/C14H16N2O10S2/c17-9-1-2-10(18)15(9,25)5-7(13(21)22)27-28-8(14(23)24)6-16(26)11(19)3-4-12(16)20/h7-8,25-26H,1-6H2/p+2. The fourth-order valence-electron chi connectivity index (χ4n) is 2.77. The first-order valence-electron chi connectivity index (χ1n) is 8.04. The predicted molar refractivity (Wildman–Crippen MR) is 90.4 cm³/mol. The van der Waals surface area contributed by atoms with Gasteiger partial charge < -0.3 is 10.2 Å². The minimum absolute atomic E-state index is 0.230. The number of hydrogen-bond acceptors (Lipinski definition) is 10. The summed E-state index contributed by atoms with van der Waals surface area (Å²) in [4.78, 5) is 69.9. The summed E-state index contributed by atoms with van der Waals surface area (Å²) < 4.78 is -3.36. The topological polar surface area (TPSA) is 183 Å². The van der Waals surface area contributed by atoms with Crippen LogP contribution in [0.2, 0.25) is 0 Å². The quantitative estimate of drug-likeness (QED) is 0.155. The van der Waals surface area contributed by atoms with Crippen LogP contribution in [0.15, 0.2) is 0 Å². The first kappa shape index (κ1) is 22.4. The summed E-state index contributed by atoms with van der Waals surface area (Å²) in [6.45, 7) is -1.60. The number of imide groups is 2. The second kappa shape index (κ2) is 8.26. The summed E-state index contributed by atoms with van der Waals surface area (Å²) >= 11 is 0. The molecule has 0 aromatic heterocycles. The second-order valence-corrected chi connectivity index (χ2v) is 9.00. The van der Waals surface area contributed by atoms with E-state index in [0.717, 1.165) is 0 Å². The summed E-state index contributed by atoms with van der Waals surface area (Å²) in [5.41, 5.74) is 0. The molecule has 0 saturated carbocycles. The van der Waals surface area contributed by atoms with Crippen molar-refractivity contribution in [3.05, 3.63) is 0 Å². The molecule has 4 N–H and O–H groups in total. The Morgan fingerprint density at radius 1 is 0.714 bits per heavy atom. The maximum atomic E-state index is 11.7. The highest BCUT2D eigenvalue weighted by atomic mass is 33.1. The third-order valence-corrected chi connectivity index (χ3v) is 7.46. The third kappa shape index (κ3) is 4.26. The molecule has 2 atom stereocenters. The van der Waals surface area contributed by atoms with E-state index in [-0.39, 0.29) is 25.7 Å². The number of aliphatic carboxylic acids is 2. The van der Waals surface area contributed by atoms with Gasteiger partial charge >= 0.3 is 35.6 Å². The molecule has 0 radical (unpaired) electrons. The fourth-order valence-corrected chi connectivity index (χ4v) is 5.42. The molecule has 0 aromatic carbocycles. The molecule has 0 spiro atoms. The van der Waals surface area contributed by atoms with Gasteiger partial charge in [0.15, 0.2) is 10.5 Å². The Bertz CT molecular complexity index is 660. The predicted octanol–water partition coefficient (Wildman–Crippen LogP) is -0.620. The Balaban J connectivity index is 2.10. The molecule has 2 heterocycles. The number of hydroxylamine groups is 6. The van der Waals surface area contributed by atoms with Gasteiger partial charge in [-0.25, -0.2) is 29.6 Å². The van der Waals surface area contributed by atoms with Gasteiger partial charge in [0, 0.05) is 0 Å². The number of nitrogens with zero attached hydrogens (tertiary/aromatic N) is 2. The summed E-state index contributed by atoms with van der Waals surface area (Å²) in [6, 6.07) is 0. The molecule has 2 unspecified atom stereocenters. The van der Waals surface area contributed by atoms with E-state index in [0.29, 0.717) is 21.6 Å². The summed E-state index contributed by atoms with van der Waals surface area (Å²) in [5, 5.41) is 35.9. The molecular formula is C14H18N2O10S2+2. The minimum Gasteiger partial charge on any atom is -0.480 e. The van der Waals surface area contributed by atoms with Crippen LogP contribution >= 0.6 is 21.6 Å². The molecule has 0 aliphatic carbocycles. The van der Waals surface area contributed by atoms with Crippen molar-refractivity contribution < 1.29 is 58.7 Å². The van der Waals surface area contributed by atoms with E-state index in [1.165, 1.54) is 0 Å². The van der Waals surface area contributed by atoms with Crippen LogP contribution in [-0.4, -0.2) is 89.1 Å². The minimum atomic E-state index is -1.68. The monoisotopic (exact) mass is 438 g/mol. The Morgan fingerprint density at radius 2 is 0.964 bits per heavy atom. The average molecular weight is 438 g/mol. The number of carbonyl (C=O) groups is 6. The van der Waals surface area contributed by atoms with Gasteiger partial charge in [0.05, 0.1) is 25.7 Å². The number of quaternary nitrogens is 2. The maximum Gasteiger partial charge on any atom is 0.353 e. The van der Waals surface area contributed by atoms with Crippen LogP contribution in [0.1, 0.15) is 25.7 Å². The van der Waals surface area contributed by atoms with Crippen molar-refractivity contribution in [2.45, 2.75) is 36.2 Å². The van der Waals surface area contributed by atoms with Crippen LogP contribution in [0.3, 0.4) is 0 Å². The van der Waals surface area contributed by atoms with Crippen molar-refractivity contribution in [1.29, 1.82) is 0 Å². The Hall–Kier alpha value is -1.84. The normalized spacial score (nSPS) is 23.1. The Labute approximate surface area is 165 Å². The van der Waals surface area contributed by atoms with Crippen LogP contribution in [0.25, 0.3) is 0 Å². The summed E-state index contributed by atoms with van der Waals surface area (Å²) in [7, 11) is 0.905. The molecule has 154 valence electrons. The molecular weight excluding hydrogens is 420 g/mol. The fraction of sp³-hybridized carbons (Fsp3) is 0.571. The molecule has 28 heavy (non-hydrogen) atoms. The zero-order chi connectivity index (χ0) is 21.3. The summed E-state index contributed by atoms with van der Waals surface area (Å²) in [5.74, 6) is -6.42. The largest absolute Gasteiger partial charge is 0.480 e. The van der Waals surface area contributed by atoms with Crippen LogP contribution in [0.5, 0.6) is 0 Å². The van der Waals surface area contributed by atoms with E-state index in [2.05, 4.69) is 0 Å². The first-order valence-corrected chi connectivity index (χ1v) is 10.3. The highest BCUT2D eigenvalue weighted by Gasteiger charge is 2.54. The number of carboxylic acids is 2. The molecule has 2 aliphatic heterocycles. The van der Waals surface area contributed by atoms with Gasteiger partial charge in [-0.05, 0) is 0 Å². The van der Waals surface area contributed by atoms with Gasteiger partial charge in [0.25, 0.3) is 0 Å². The smallest absolute Gasteiger partial charge is 0.353 e. The molecule has 14 heteroatoms. The maximum absolute atomic E-state index is 11.7. The van der Waals surface area contributed by atoms with E-state index in [4.69, 9.17) is 0 Å². The lowest BCUT2D eigenvalue weighted by molar-refractivity contribution is -0.970. The second-order valence-electron chi connectivity index (χ2n) is 6.33. The molecule has 0 bridgehead atoms. The lowest BCUT2D eigenvalue weighted by atomic mass is 10.3. The van der Waals surface area contributed by atoms with Crippen molar-refractivity contribution in [1.82, 2.24) is 0 Å². The number of amides is 4.